The Kier molecular flexibility index (Phi) is 4.75. The first-order valence-electron chi connectivity index (χ1n) is 8.27. The molecule has 6 nitrogen and oxygen atoms in total. The van der Waals surface area contributed by atoms with Crippen LogP contribution < -0.4 is 10.1 Å². The van der Waals surface area contributed by atoms with E-state index in [1.807, 2.05) is 69.3 Å². The molecule has 0 aliphatic heterocycles. The summed E-state index contributed by atoms with van der Waals surface area (Å²) in [5.41, 5.74) is 1.91. The number of ether oxygens (including phenoxy) is 1. The molecule has 0 spiro atoms. The average Bonchev–Trinajstić information content (AvgIpc) is 3.12. The maximum Gasteiger partial charge on any atom is 0.258 e. The molecule has 1 aromatic heterocycles. The number of rotatable bonds is 4. The van der Waals surface area contributed by atoms with Crippen LogP contribution in [0, 0.1) is 5.41 Å². The van der Waals surface area contributed by atoms with Gasteiger partial charge in [0, 0.05) is 22.2 Å². The van der Waals surface area contributed by atoms with Gasteiger partial charge >= 0.3 is 0 Å². The fourth-order valence-corrected chi connectivity index (χ4v) is 2.21. The summed E-state index contributed by atoms with van der Waals surface area (Å²) in [4.78, 5) is 16.5. The zero-order chi connectivity index (χ0) is 18.7. The molecule has 0 saturated heterocycles. The van der Waals surface area contributed by atoms with Gasteiger partial charge in [0.15, 0.2) is 0 Å². The minimum Gasteiger partial charge on any atom is -0.497 e. The quantitative estimate of drug-likeness (QED) is 0.754. The van der Waals surface area contributed by atoms with Crippen LogP contribution >= 0.6 is 0 Å². The Bertz CT molecular complexity index is 891. The molecule has 0 atom stereocenters. The normalized spacial score (nSPS) is 11.2. The van der Waals surface area contributed by atoms with Gasteiger partial charge in [-0.3, -0.25) is 4.79 Å². The van der Waals surface area contributed by atoms with Gasteiger partial charge in [-0.2, -0.15) is 4.98 Å². The Morgan fingerprint density at radius 1 is 1.00 bits per heavy atom. The number of nitrogens with one attached hydrogen (secondary N) is 1. The number of amides is 1. The number of nitrogens with zero attached hydrogens (tertiary/aromatic N) is 2. The highest BCUT2D eigenvalue weighted by Gasteiger charge is 2.21. The van der Waals surface area contributed by atoms with Crippen molar-refractivity contribution in [3.05, 3.63) is 48.5 Å². The van der Waals surface area contributed by atoms with Crippen molar-refractivity contribution < 1.29 is 14.1 Å². The lowest BCUT2D eigenvalue weighted by atomic mass is 9.95. The highest BCUT2D eigenvalue weighted by atomic mass is 16.5. The van der Waals surface area contributed by atoms with Crippen molar-refractivity contribution in [1.29, 1.82) is 0 Å². The summed E-state index contributed by atoms with van der Waals surface area (Å²) in [6, 6.07) is 14.7. The molecule has 1 heterocycles. The van der Waals surface area contributed by atoms with Gasteiger partial charge < -0.3 is 14.6 Å². The summed E-state index contributed by atoms with van der Waals surface area (Å²) < 4.78 is 10.5. The highest BCUT2D eigenvalue weighted by molar-refractivity contribution is 5.94. The molecule has 6 heteroatoms. The number of hydrogen-bond donors (Lipinski definition) is 1. The van der Waals surface area contributed by atoms with E-state index in [9.17, 15) is 4.79 Å². The predicted molar refractivity (Wildman–Crippen MR) is 99.8 cm³/mol. The van der Waals surface area contributed by atoms with Gasteiger partial charge in [-0.05, 0) is 48.5 Å². The second-order valence-electron chi connectivity index (χ2n) is 6.93. The van der Waals surface area contributed by atoms with Crippen LogP contribution in [0.2, 0.25) is 0 Å². The Morgan fingerprint density at radius 3 is 2.19 bits per heavy atom. The largest absolute Gasteiger partial charge is 0.497 e. The smallest absolute Gasteiger partial charge is 0.258 e. The van der Waals surface area contributed by atoms with Gasteiger partial charge in [0.1, 0.15) is 5.75 Å². The van der Waals surface area contributed by atoms with E-state index in [-0.39, 0.29) is 5.91 Å². The zero-order valence-corrected chi connectivity index (χ0v) is 15.2. The number of carbonyl (C=O) groups is 1. The third kappa shape index (κ3) is 3.91. The van der Waals surface area contributed by atoms with E-state index in [4.69, 9.17) is 9.26 Å². The lowest BCUT2D eigenvalue weighted by molar-refractivity contribution is -0.123. The first-order valence-corrected chi connectivity index (χ1v) is 8.27. The summed E-state index contributed by atoms with van der Waals surface area (Å²) in [6.07, 6.45) is 0. The maximum absolute atomic E-state index is 12.0. The van der Waals surface area contributed by atoms with Crippen LogP contribution in [-0.2, 0) is 4.79 Å². The molecule has 3 aromatic rings. The third-order valence-electron chi connectivity index (χ3n) is 3.85. The van der Waals surface area contributed by atoms with Crippen LogP contribution in [0.3, 0.4) is 0 Å². The minimum atomic E-state index is -0.446. The van der Waals surface area contributed by atoms with Crippen molar-refractivity contribution in [2.75, 3.05) is 12.4 Å². The van der Waals surface area contributed by atoms with Crippen molar-refractivity contribution in [2.24, 2.45) is 5.41 Å². The zero-order valence-electron chi connectivity index (χ0n) is 15.2. The predicted octanol–water partition coefficient (Wildman–Crippen LogP) is 4.40. The van der Waals surface area contributed by atoms with Crippen molar-refractivity contribution in [1.82, 2.24) is 10.1 Å². The lowest BCUT2D eigenvalue weighted by Crippen LogP contribution is -2.27. The number of anilines is 1. The molecular formula is C20H21N3O3. The number of aromatic nitrogens is 2. The molecule has 0 radical (unpaired) electrons. The van der Waals surface area contributed by atoms with Gasteiger partial charge in [-0.1, -0.05) is 25.9 Å². The molecule has 0 saturated carbocycles. The molecule has 26 heavy (non-hydrogen) atoms. The molecule has 2 aromatic carbocycles. The highest BCUT2D eigenvalue weighted by Crippen LogP contribution is 2.25. The summed E-state index contributed by atoms with van der Waals surface area (Å²) in [5.74, 6) is 1.66. The molecule has 134 valence electrons. The molecular weight excluding hydrogens is 330 g/mol. The molecule has 0 unspecified atom stereocenters. The topological polar surface area (TPSA) is 77.3 Å². The summed E-state index contributed by atoms with van der Waals surface area (Å²) in [6.45, 7) is 5.61. The van der Waals surface area contributed by atoms with E-state index in [0.717, 1.165) is 22.6 Å². The molecule has 0 bridgehead atoms. The fraction of sp³-hybridized carbons (Fsp3) is 0.250. The first kappa shape index (κ1) is 17.7. The Morgan fingerprint density at radius 2 is 1.62 bits per heavy atom. The van der Waals surface area contributed by atoms with Crippen molar-refractivity contribution in [3.8, 4) is 28.6 Å². The first-order chi connectivity index (χ1) is 12.4. The van der Waals surface area contributed by atoms with E-state index in [2.05, 4.69) is 15.5 Å². The Hall–Kier alpha value is -3.15. The summed E-state index contributed by atoms with van der Waals surface area (Å²) >= 11 is 0. The fourth-order valence-electron chi connectivity index (χ4n) is 2.21. The van der Waals surface area contributed by atoms with Crippen molar-refractivity contribution in [2.45, 2.75) is 20.8 Å². The standard InChI is InChI=1S/C20H21N3O3/c1-20(2,3)19(24)21-15-9-5-14(6-10-15)18-22-17(23-26-18)13-7-11-16(25-4)12-8-13/h5-12H,1-4H3,(H,21,24). The molecule has 1 N–H and O–H groups in total. The number of carbonyl (C=O) groups excluding carboxylic acids is 1. The number of benzene rings is 2. The molecule has 1 amide bonds. The van der Waals surface area contributed by atoms with Crippen molar-refractivity contribution >= 4 is 11.6 Å². The van der Waals surface area contributed by atoms with Crippen LogP contribution in [-0.4, -0.2) is 23.2 Å². The molecule has 3 rings (SSSR count). The summed E-state index contributed by atoms with van der Waals surface area (Å²) in [7, 11) is 1.62. The van der Waals surface area contributed by atoms with Crippen molar-refractivity contribution in [3.63, 3.8) is 0 Å². The average molecular weight is 351 g/mol. The van der Waals surface area contributed by atoms with Gasteiger partial charge in [0.25, 0.3) is 5.89 Å². The molecule has 0 aliphatic rings. The van der Waals surface area contributed by atoms with Crippen LogP contribution in [0.15, 0.2) is 53.1 Å². The Labute approximate surface area is 152 Å². The molecule has 0 aliphatic carbocycles. The van der Waals surface area contributed by atoms with Gasteiger partial charge in [0.05, 0.1) is 7.11 Å². The van der Waals surface area contributed by atoms with E-state index in [1.165, 1.54) is 0 Å². The van der Waals surface area contributed by atoms with Crippen LogP contribution in [0.5, 0.6) is 5.75 Å². The Balaban J connectivity index is 1.75. The van der Waals surface area contributed by atoms with Crippen LogP contribution in [0.4, 0.5) is 5.69 Å². The second kappa shape index (κ2) is 7.00. The second-order valence-corrected chi connectivity index (χ2v) is 6.93. The van der Waals surface area contributed by atoms with E-state index >= 15 is 0 Å². The third-order valence-corrected chi connectivity index (χ3v) is 3.85. The minimum absolute atomic E-state index is 0.0372. The SMILES string of the molecule is COc1ccc(-c2noc(-c3ccc(NC(=O)C(C)(C)C)cc3)n2)cc1. The summed E-state index contributed by atoms with van der Waals surface area (Å²) in [5, 5.41) is 6.91. The number of methoxy groups -OCH3 is 1. The van der Waals surface area contributed by atoms with Gasteiger partial charge in [0.2, 0.25) is 11.7 Å². The monoisotopic (exact) mass is 351 g/mol. The van der Waals surface area contributed by atoms with E-state index in [0.29, 0.717) is 11.7 Å². The van der Waals surface area contributed by atoms with Gasteiger partial charge in [-0.25, -0.2) is 0 Å². The van der Waals surface area contributed by atoms with Gasteiger partial charge in [-0.15, -0.1) is 0 Å². The van der Waals surface area contributed by atoms with E-state index in [1.54, 1.807) is 7.11 Å². The van der Waals surface area contributed by atoms with Crippen LogP contribution in [0.1, 0.15) is 20.8 Å². The lowest BCUT2D eigenvalue weighted by Gasteiger charge is -2.17. The van der Waals surface area contributed by atoms with Crippen LogP contribution in [0.25, 0.3) is 22.8 Å². The van der Waals surface area contributed by atoms with E-state index < -0.39 is 5.41 Å². The number of hydrogen-bond acceptors (Lipinski definition) is 5. The molecule has 0 fully saturated rings. The maximum atomic E-state index is 12.0.